The van der Waals surface area contributed by atoms with Crippen molar-refractivity contribution in [3.63, 3.8) is 0 Å². The van der Waals surface area contributed by atoms with Crippen LogP contribution in [-0.2, 0) is 0 Å². The second kappa shape index (κ2) is 3.02. The highest BCUT2D eigenvalue weighted by molar-refractivity contribution is 7.16. The van der Waals surface area contributed by atoms with Crippen LogP contribution in [-0.4, -0.2) is 20.6 Å². The molecule has 0 aliphatic heterocycles. The van der Waals surface area contributed by atoms with E-state index in [9.17, 15) is 4.79 Å². The Morgan fingerprint density at radius 3 is 2.92 bits per heavy atom. The number of imidazole rings is 1. The standard InChI is InChI=1S/C8H6N2O2S/c11-8(12)6-1-2-7(13-6)10-4-3-9-5-10/h1-5H,(H,11,12). The molecule has 0 aromatic carbocycles. The molecule has 66 valence electrons. The number of aromatic carboxylic acids is 1. The summed E-state index contributed by atoms with van der Waals surface area (Å²) in [4.78, 5) is 14.8. The van der Waals surface area contributed by atoms with Crippen molar-refractivity contribution < 1.29 is 9.90 Å². The Morgan fingerprint density at radius 2 is 2.38 bits per heavy atom. The Morgan fingerprint density at radius 1 is 1.54 bits per heavy atom. The Kier molecular flexibility index (Phi) is 1.86. The quantitative estimate of drug-likeness (QED) is 0.790. The van der Waals surface area contributed by atoms with Crippen LogP contribution in [0.1, 0.15) is 9.67 Å². The summed E-state index contributed by atoms with van der Waals surface area (Å²) >= 11 is 1.22. The van der Waals surface area contributed by atoms with Gasteiger partial charge in [0.25, 0.3) is 0 Å². The number of carboxylic acids is 1. The van der Waals surface area contributed by atoms with Gasteiger partial charge in [0, 0.05) is 12.4 Å². The molecule has 0 saturated heterocycles. The fourth-order valence-corrected chi connectivity index (χ4v) is 1.77. The van der Waals surface area contributed by atoms with Crippen LogP contribution in [0.25, 0.3) is 5.00 Å². The van der Waals surface area contributed by atoms with E-state index >= 15 is 0 Å². The summed E-state index contributed by atoms with van der Waals surface area (Å²) in [5.74, 6) is -0.892. The van der Waals surface area contributed by atoms with Gasteiger partial charge in [0.05, 0.1) is 6.33 Å². The predicted octanol–water partition coefficient (Wildman–Crippen LogP) is 1.63. The van der Waals surface area contributed by atoms with Crippen LogP contribution >= 0.6 is 11.3 Å². The van der Waals surface area contributed by atoms with E-state index in [2.05, 4.69) is 4.98 Å². The molecular formula is C8H6N2O2S. The minimum absolute atomic E-state index is 0.337. The van der Waals surface area contributed by atoms with E-state index in [0.717, 1.165) is 5.00 Å². The van der Waals surface area contributed by atoms with Gasteiger partial charge in [-0.15, -0.1) is 11.3 Å². The molecule has 13 heavy (non-hydrogen) atoms. The zero-order valence-corrected chi connectivity index (χ0v) is 7.36. The van der Waals surface area contributed by atoms with E-state index in [1.54, 1.807) is 35.4 Å². The molecule has 0 atom stereocenters. The zero-order chi connectivity index (χ0) is 9.26. The maximum absolute atomic E-state index is 10.6. The second-order valence-corrected chi connectivity index (χ2v) is 3.48. The summed E-state index contributed by atoms with van der Waals surface area (Å²) in [6, 6.07) is 3.35. The van der Waals surface area contributed by atoms with Gasteiger partial charge in [0.15, 0.2) is 0 Å². The normalized spacial score (nSPS) is 10.2. The first-order chi connectivity index (χ1) is 6.27. The highest BCUT2D eigenvalue weighted by Gasteiger charge is 2.06. The topological polar surface area (TPSA) is 55.1 Å². The molecule has 2 rings (SSSR count). The molecule has 0 aliphatic rings. The first kappa shape index (κ1) is 8.00. The summed E-state index contributed by atoms with van der Waals surface area (Å²) in [7, 11) is 0. The van der Waals surface area contributed by atoms with Crippen molar-refractivity contribution in [3.8, 4) is 5.00 Å². The predicted molar refractivity (Wildman–Crippen MR) is 48.4 cm³/mol. The van der Waals surface area contributed by atoms with Crippen molar-refractivity contribution in [2.24, 2.45) is 0 Å². The molecule has 1 N–H and O–H groups in total. The van der Waals surface area contributed by atoms with Crippen LogP contribution in [0.2, 0.25) is 0 Å². The molecule has 0 unspecified atom stereocenters. The molecule has 5 heteroatoms. The van der Waals surface area contributed by atoms with Crippen LogP contribution < -0.4 is 0 Å². The Bertz CT molecular complexity index is 419. The van der Waals surface area contributed by atoms with E-state index in [0.29, 0.717) is 4.88 Å². The zero-order valence-electron chi connectivity index (χ0n) is 6.54. The maximum Gasteiger partial charge on any atom is 0.345 e. The Hall–Kier alpha value is -1.62. The van der Waals surface area contributed by atoms with Gasteiger partial charge < -0.3 is 5.11 Å². The SMILES string of the molecule is O=C(O)c1ccc(-n2ccnc2)s1. The van der Waals surface area contributed by atoms with Gasteiger partial charge in [-0.25, -0.2) is 9.78 Å². The average Bonchev–Trinajstić information content (AvgIpc) is 2.75. The van der Waals surface area contributed by atoms with Crippen LogP contribution in [0.4, 0.5) is 0 Å². The van der Waals surface area contributed by atoms with Crippen molar-refractivity contribution in [1.29, 1.82) is 0 Å². The van der Waals surface area contributed by atoms with E-state index in [1.165, 1.54) is 11.3 Å². The van der Waals surface area contributed by atoms with Gasteiger partial charge in [-0.3, -0.25) is 4.57 Å². The van der Waals surface area contributed by atoms with Gasteiger partial charge in [-0.2, -0.15) is 0 Å². The number of carboxylic acid groups (broad SMARTS) is 1. The molecule has 0 amide bonds. The summed E-state index contributed by atoms with van der Waals surface area (Å²) in [5, 5.41) is 9.54. The van der Waals surface area contributed by atoms with E-state index < -0.39 is 5.97 Å². The van der Waals surface area contributed by atoms with Crippen LogP contribution in [0.3, 0.4) is 0 Å². The second-order valence-electron chi connectivity index (χ2n) is 2.41. The smallest absolute Gasteiger partial charge is 0.345 e. The van der Waals surface area contributed by atoms with Gasteiger partial charge >= 0.3 is 5.97 Å². The number of hydrogen-bond donors (Lipinski definition) is 1. The summed E-state index contributed by atoms with van der Waals surface area (Å²) in [6.45, 7) is 0. The lowest BCUT2D eigenvalue weighted by atomic mass is 10.5. The lowest BCUT2D eigenvalue weighted by Gasteiger charge is -1.93. The first-order valence-electron chi connectivity index (χ1n) is 3.59. The third-order valence-electron chi connectivity index (χ3n) is 1.56. The van der Waals surface area contributed by atoms with Crippen LogP contribution in [0.5, 0.6) is 0 Å². The molecule has 0 radical (unpaired) electrons. The van der Waals surface area contributed by atoms with Crippen molar-refractivity contribution in [2.75, 3.05) is 0 Å². The highest BCUT2D eigenvalue weighted by atomic mass is 32.1. The van der Waals surface area contributed by atoms with E-state index in [1.807, 2.05) is 0 Å². The van der Waals surface area contributed by atoms with Gasteiger partial charge in [-0.1, -0.05) is 0 Å². The van der Waals surface area contributed by atoms with Crippen molar-refractivity contribution >= 4 is 17.3 Å². The average molecular weight is 194 g/mol. The van der Waals surface area contributed by atoms with Gasteiger partial charge in [0.1, 0.15) is 9.88 Å². The lowest BCUT2D eigenvalue weighted by Crippen LogP contribution is -1.89. The molecule has 0 fully saturated rings. The first-order valence-corrected chi connectivity index (χ1v) is 4.40. The van der Waals surface area contributed by atoms with Crippen molar-refractivity contribution in [2.45, 2.75) is 0 Å². The van der Waals surface area contributed by atoms with E-state index in [-0.39, 0.29) is 0 Å². The van der Waals surface area contributed by atoms with E-state index in [4.69, 9.17) is 5.11 Å². The summed E-state index contributed by atoms with van der Waals surface area (Å²) in [5.41, 5.74) is 0. The summed E-state index contributed by atoms with van der Waals surface area (Å²) in [6.07, 6.45) is 5.06. The van der Waals surface area contributed by atoms with Gasteiger partial charge in [0.2, 0.25) is 0 Å². The molecule has 2 heterocycles. The van der Waals surface area contributed by atoms with Crippen molar-refractivity contribution in [3.05, 3.63) is 35.7 Å². The molecule has 0 saturated carbocycles. The van der Waals surface area contributed by atoms with Crippen molar-refractivity contribution in [1.82, 2.24) is 9.55 Å². The number of aromatic nitrogens is 2. The lowest BCUT2D eigenvalue weighted by molar-refractivity contribution is 0.0702. The monoisotopic (exact) mass is 194 g/mol. The molecule has 0 spiro atoms. The molecule has 0 bridgehead atoms. The Balaban J connectivity index is 2.39. The number of nitrogens with zero attached hydrogens (tertiary/aromatic N) is 2. The number of thiophene rings is 1. The minimum atomic E-state index is -0.892. The third-order valence-corrected chi connectivity index (χ3v) is 2.65. The third kappa shape index (κ3) is 1.46. The van der Waals surface area contributed by atoms with Crippen LogP contribution in [0, 0.1) is 0 Å². The summed E-state index contributed by atoms with van der Waals surface area (Å²) < 4.78 is 1.77. The molecule has 2 aromatic heterocycles. The Labute approximate surface area is 78.1 Å². The number of carbonyl (C=O) groups is 1. The number of rotatable bonds is 2. The fourth-order valence-electron chi connectivity index (χ4n) is 0.971. The molecule has 0 aliphatic carbocycles. The molecule has 2 aromatic rings. The van der Waals surface area contributed by atoms with Gasteiger partial charge in [-0.05, 0) is 12.1 Å². The molecular weight excluding hydrogens is 188 g/mol. The highest BCUT2D eigenvalue weighted by Crippen LogP contribution is 2.19. The van der Waals surface area contributed by atoms with Crippen LogP contribution in [0.15, 0.2) is 30.9 Å². The largest absolute Gasteiger partial charge is 0.477 e. The maximum atomic E-state index is 10.6. The fraction of sp³-hybridized carbons (Fsp3) is 0. The number of hydrogen-bond acceptors (Lipinski definition) is 3. The molecule has 4 nitrogen and oxygen atoms in total. The minimum Gasteiger partial charge on any atom is -0.477 e.